The van der Waals surface area contributed by atoms with E-state index < -0.39 is 0 Å². The molecule has 0 aliphatic heterocycles. The summed E-state index contributed by atoms with van der Waals surface area (Å²) < 4.78 is 3.39. The molecular weight excluding hydrogens is 208 g/mol. The van der Waals surface area contributed by atoms with Gasteiger partial charge in [-0.2, -0.15) is 10.2 Å². The van der Waals surface area contributed by atoms with Crippen molar-refractivity contribution in [2.24, 2.45) is 0 Å². The van der Waals surface area contributed by atoms with Crippen LogP contribution in [0.1, 0.15) is 0 Å². The Morgan fingerprint density at radius 1 is 0.812 bits per heavy atom. The lowest BCUT2D eigenvalue weighted by molar-refractivity contribution is 0.854. The fourth-order valence-electron chi connectivity index (χ4n) is 1.46. The second kappa shape index (κ2) is 3.58. The summed E-state index contributed by atoms with van der Waals surface area (Å²) in [5.74, 6) is 0. The molecule has 0 aliphatic rings. The van der Waals surface area contributed by atoms with E-state index in [0.29, 0.717) is 0 Å². The highest BCUT2D eigenvalue weighted by molar-refractivity contribution is 5.42. The molecule has 0 bridgehead atoms. The zero-order valence-corrected chi connectivity index (χ0v) is 8.30. The molecule has 0 aliphatic carbocycles. The predicted octanol–water partition coefficient (Wildman–Crippen LogP) is 0.848. The minimum absolute atomic E-state index is 0.936. The van der Waals surface area contributed by atoms with Gasteiger partial charge in [0, 0.05) is 0 Å². The standard InChI is InChI=1S/C10H8N6/c1-2-9(15-7-11-5-13-15)4-10(3-1)16-8-12-6-14-16/h1-8H/i11+1,13+1,15+1,16+1. The molecule has 0 unspecified atom stereocenters. The van der Waals surface area contributed by atoms with Crippen molar-refractivity contribution in [2.75, 3.05) is 0 Å². The molecule has 16 heavy (non-hydrogen) atoms. The van der Waals surface area contributed by atoms with E-state index in [9.17, 15) is 0 Å². The van der Waals surface area contributed by atoms with E-state index in [0.717, 1.165) is 11.4 Å². The van der Waals surface area contributed by atoms with Crippen molar-refractivity contribution in [1.82, 2.24) is 29.5 Å². The largest absolute Gasteiger partial charge is 0.223 e. The van der Waals surface area contributed by atoms with Crippen LogP contribution in [-0.4, -0.2) is 29.5 Å². The van der Waals surface area contributed by atoms with Crippen molar-refractivity contribution in [3.8, 4) is 11.4 Å². The topological polar surface area (TPSA) is 61.4 Å². The average Bonchev–Trinajstić information content (AvgIpc) is 3.03. The Bertz CT molecular complexity index is 520. The summed E-state index contributed by atoms with van der Waals surface area (Å²) in [6, 6.07) is 7.81. The average molecular weight is 216 g/mol. The molecule has 6 heteroatoms. The van der Waals surface area contributed by atoms with E-state index >= 15 is 0 Å². The van der Waals surface area contributed by atoms with Crippen LogP contribution in [-0.2, 0) is 0 Å². The molecule has 0 amide bonds. The molecule has 1 aromatic carbocycles. The molecule has 78 valence electrons. The van der Waals surface area contributed by atoms with Gasteiger partial charge in [0.1, 0.15) is 25.3 Å². The molecule has 0 atom stereocenters. The molecule has 6 nitrogen and oxygen atoms in total. The van der Waals surface area contributed by atoms with Crippen LogP contribution >= 0.6 is 0 Å². The Labute approximate surface area is 91.2 Å². The second-order valence-corrected chi connectivity index (χ2v) is 3.20. The smallest absolute Gasteiger partial charge is 0.138 e. The van der Waals surface area contributed by atoms with Gasteiger partial charge in [-0.3, -0.25) is 0 Å². The molecule has 3 rings (SSSR count). The first-order chi connectivity index (χ1) is 7.93. The normalized spacial score (nSPS) is 10.5. The SMILES string of the molecule is c1cc(-[15n]2cncn2)cc(-[15n]2c[15n]c[15n]2)c1. The highest BCUT2D eigenvalue weighted by atomic mass is 16.2. The van der Waals surface area contributed by atoms with Gasteiger partial charge in [-0.15, -0.1) is 0 Å². The minimum atomic E-state index is 0.936. The first kappa shape index (κ1) is 8.78. The van der Waals surface area contributed by atoms with Crippen LogP contribution in [0.25, 0.3) is 11.4 Å². The Balaban J connectivity index is 2.07. The van der Waals surface area contributed by atoms with Crippen molar-refractivity contribution < 1.29 is 0 Å². The lowest BCUT2D eigenvalue weighted by Gasteiger charge is -2.03. The van der Waals surface area contributed by atoms with E-state index in [1.165, 1.54) is 12.7 Å². The zero-order chi connectivity index (χ0) is 10.8. The molecule has 0 fully saturated rings. The Morgan fingerprint density at radius 3 is 1.81 bits per heavy atom. The molecule has 0 saturated carbocycles. The molecule has 0 N–H and O–H groups in total. The second-order valence-electron chi connectivity index (χ2n) is 3.20. The monoisotopic (exact) mass is 216 g/mol. The third-order valence-corrected chi connectivity index (χ3v) is 2.20. The quantitative estimate of drug-likeness (QED) is 0.637. The van der Waals surface area contributed by atoms with Crippen LogP contribution in [0.4, 0.5) is 0 Å². The first-order valence-corrected chi connectivity index (χ1v) is 4.73. The summed E-state index contributed by atoms with van der Waals surface area (Å²) >= 11 is 0. The minimum Gasteiger partial charge on any atom is -0.223 e. The highest BCUT2D eigenvalue weighted by Crippen LogP contribution is 2.11. The maximum atomic E-state index is 4.07. The van der Waals surface area contributed by atoms with Gasteiger partial charge in [0.05, 0.1) is 11.4 Å². The van der Waals surface area contributed by atoms with Crippen molar-refractivity contribution in [2.45, 2.75) is 0 Å². The van der Waals surface area contributed by atoms with Crippen molar-refractivity contribution in [1.29, 1.82) is 0 Å². The number of rotatable bonds is 2. The van der Waals surface area contributed by atoms with Crippen LogP contribution in [0.15, 0.2) is 49.6 Å². The maximum absolute atomic E-state index is 4.07. The predicted molar refractivity (Wildman–Crippen MR) is 56.3 cm³/mol. The van der Waals surface area contributed by atoms with E-state index in [2.05, 4.69) is 20.2 Å². The van der Waals surface area contributed by atoms with Crippen LogP contribution in [0, 0.1) is 0 Å². The lowest BCUT2D eigenvalue weighted by Crippen LogP contribution is -1.98. The van der Waals surface area contributed by atoms with Gasteiger partial charge in [-0.1, -0.05) is 6.07 Å². The number of aromatic nitrogens is 6. The third-order valence-electron chi connectivity index (χ3n) is 2.20. The van der Waals surface area contributed by atoms with E-state index in [4.69, 9.17) is 0 Å². The molecule has 0 radical (unpaired) electrons. The summed E-state index contributed by atoms with van der Waals surface area (Å²) in [5.41, 5.74) is 1.87. The van der Waals surface area contributed by atoms with Crippen LogP contribution in [0.2, 0.25) is 0 Å². The van der Waals surface area contributed by atoms with Crippen molar-refractivity contribution in [3.63, 3.8) is 0 Å². The van der Waals surface area contributed by atoms with Gasteiger partial charge in [0.25, 0.3) is 0 Å². The Kier molecular flexibility index (Phi) is 1.96. The summed E-state index contributed by atoms with van der Waals surface area (Å²) in [7, 11) is 0. The molecule has 2 heterocycles. The van der Waals surface area contributed by atoms with Gasteiger partial charge in [0.2, 0.25) is 0 Å². The third kappa shape index (κ3) is 1.46. The highest BCUT2D eigenvalue weighted by Gasteiger charge is 2.00. The summed E-state index contributed by atoms with van der Waals surface area (Å²) in [6.45, 7) is 0. The molecule has 0 spiro atoms. The van der Waals surface area contributed by atoms with Crippen molar-refractivity contribution in [3.05, 3.63) is 49.6 Å². The summed E-state index contributed by atoms with van der Waals surface area (Å²) in [4.78, 5) is 7.82. The lowest BCUT2D eigenvalue weighted by atomic mass is 10.3. The van der Waals surface area contributed by atoms with Gasteiger partial charge in [-0.05, 0) is 18.2 Å². The molecule has 2 aromatic heterocycles. The maximum Gasteiger partial charge on any atom is 0.138 e. The number of hydrogen-bond donors (Lipinski definition) is 0. The molecule has 3 aromatic rings. The Morgan fingerprint density at radius 2 is 1.38 bits per heavy atom. The van der Waals surface area contributed by atoms with Gasteiger partial charge in [0.15, 0.2) is 0 Å². The zero-order valence-electron chi connectivity index (χ0n) is 8.30. The fourth-order valence-corrected chi connectivity index (χ4v) is 1.46. The van der Waals surface area contributed by atoms with E-state index in [-0.39, 0.29) is 0 Å². The molecule has 0 saturated heterocycles. The van der Waals surface area contributed by atoms with E-state index in [1.807, 2.05) is 24.3 Å². The van der Waals surface area contributed by atoms with Crippen molar-refractivity contribution >= 4 is 0 Å². The Hall–Kier alpha value is -2.50. The fraction of sp³-hybridized carbons (Fsp3) is 0. The molecular formula is C10H8N6. The summed E-state index contributed by atoms with van der Waals surface area (Å²) in [5, 5.41) is 8.14. The number of benzene rings is 1. The van der Waals surface area contributed by atoms with Gasteiger partial charge < -0.3 is 0 Å². The number of nitrogens with zero attached hydrogens (tertiary/aromatic N) is 6. The van der Waals surface area contributed by atoms with Crippen LogP contribution < -0.4 is 0 Å². The van der Waals surface area contributed by atoms with Crippen LogP contribution in [0.5, 0.6) is 0 Å². The first-order valence-electron chi connectivity index (χ1n) is 4.73. The van der Waals surface area contributed by atoms with Gasteiger partial charge in [-0.25, -0.2) is 19.3 Å². The van der Waals surface area contributed by atoms with Gasteiger partial charge >= 0.3 is 0 Å². The van der Waals surface area contributed by atoms with Crippen LogP contribution in [0.3, 0.4) is 0 Å². The summed E-state index contributed by atoms with van der Waals surface area (Å²) in [6.07, 6.45) is 6.31. The van der Waals surface area contributed by atoms with E-state index in [1.54, 1.807) is 22.0 Å². The number of hydrogen-bond acceptors (Lipinski definition) is 4.